The number of nitrogens with one attached hydrogen (secondary N) is 2. The Morgan fingerprint density at radius 1 is 1.05 bits per heavy atom. The van der Waals surface area contributed by atoms with E-state index in [1.54, 1.807) is 13.8 Å². The van der Waals surface area contributed by atoms with Crippen molar-refractivity contribution in [3.63, 3.8) is 0 Å². The van der Waals surface area contributed by atoms with Crippen molar-refractivity contribution in [3.8, 4) is 6.07 Å². The molecule has 0 atom stereocenters. The molecule has 0 saturated heterocycles. The van der Waals surface area contributed by atoms with Crippen LogP contribution in [0.1, 0.15) is 62.3 Å². The molecule has 2 N–H and O–H groups in total. The maximum Gasteiger partial charge on any atom is 0.240 e. The first-order chi connectivity index (χ1) is 9.10. The highest BCUT2D eigenvalue weighted by Crippen LogP contribution is 2.17. The second-order valence-corrected chi connectivity index (χ2v) is 8.25. The number of nitriles is 1. The van der Waals surface area contributed by atoms with E-state index in [0.29, 0.717) is 6.61 Å². The molecule has 0 aromatic heterocycles. The predicted octanol–water partition coefficient (Wildman–Crippen LogP) is 2.37. The molecular formula is C16H31N3O2. The first-order valence-corrected chi connectivity index (χ1v) is 7.27. The normalized spacial score (nSPS) is 13.7. The van der Waals surface area contributed by atoms with Crippen LogP contribution in [-0.4, -0.2) is 34.7 Å². The fourth-order valence-corrected chi connectivity index (χ4v) is 1.83. The molecule has 0 aliphatic heterocycles. The molecule has 0 aromatic carbocycles. The highest BCUT2D eigenvalue weighted by atomic mass is 16.5. The van der Waals surface area contributed by atoms with Crippen LogP contribution in [0, 0.1) is 11.3 Å². The lowest BCUT2D eigenvalue weighted by Crippen LogP contribution is -2.63. The molecule has 0 aliphatic rings. The zero-order valence-electron chi connectivity index (χ0n) is 15.0. The van der Waals surface area contributed by atoms with Crippen LogP contribution in [0.25, 0.3) is 0 Å². The minimum Gasteiger partial charge on any atom is -0.359 e. The molecule has 0 rings (SSSR count). The van der Waals surface area contributed by atoms with Gasteiger partial charge in [0.1, 0.15) is 5.60 Å². The van der Waals surface area contributed by atoms with Crippen LogP contribution in [0.3, 0.4) is 0 Å². The summed E-state index contributed by atoms with van der Waals surface area (Å²) in [6.07, 6.45) is 0. The molecule has 0 aromatic rings. The molecule has 0 bridgehead atoms. The Morgan fingerprint density at radius 3 is 1.90 bits per heavy atom. The Labute approximate surface area is 129 Å². The van der Waals surface area contributed by atoms with E-state index in [0.717, 1.165) is 0 Å². The van der Waals surface area contributed by atoms with E-state index in [4.69, 9.17) is 10.00 Å². The van der Waals surface area contributed by atoms with Gasteiger partial charge in [-0.1, -0.05) is 0 Å². The van der Waals surface area contributed by atoms with Crippen LogP contribution >= 0.6 is 0 Å². The summed E-state index contributed by atoms with van der Waals surface area (Å²) in [6.45, 7) is 17.2. The highest BCUT2D eigenvalue weighted by Gasteiger charge is 2.36. The Balaban J connectivity index is 4.76. The van der Waals surface area contributed by atoms with Gasteiger partial charge in [-0.3, -0.25) is 10.1 Å². The van der Waals surface area contributed by atoms with Crippen LogP contribution in [-0.2, 0) is 9.53 Å². The first-order valence-electron chi connectivity index (χ1n) is 7.27. The minimum absolute atomic E-state index is 0.0670. The van der Waals surface area contributed by atoms with Crippen LogP contribution in [0.4, 0.5) is 0 Å². The number of hydrogen-bond donors (Lipinski definition) is 2. The van der Waals surface area contributed by atoms with E-state index in [2.05, 4.69) is 16.7 Å². The van der Waals surface area contributed by atoms with Crippen LogP contribution in [0.2, 0.25) is 0 Å². The van der Waals surface area contributed by atoms with Crippen molar-refractivity contribution in [2.75, 3.05) is 6.61 Å². The molecule has 122 valence electrons. The number of rotatable bonds is 6. The number of carbonyl (C=O) groups excluding carboxylic acids is 1. The maximum absolute atomic E-state index is 12.3. The Kier molecular flexibility index (Phi) is 5.99. The molecule has 21 heavy (non-hydrogen) atoms. The average molecular weight is 297 g/mol. The number of nitrogens with zero attached hydrogens (tertiary/aromatic N) is 1. The number of hydrogen-bond acceptors (Lipinski definition) is 4. The zero-order chi connectivity index (χ0) is 17.1. The van der Waals surface area contributed by atoms with Crippen molar-refractivity contribution in [2.24, 2.45) is 0 Å². The molecule has 1 amide bonds. The van der Waals surface area contributed by atoms with Gasteiger partial charge in [0.25, 0.3) is 0 Å². The fourth-order valence-electron chi connectivity index (χ4n) is 1.83. The summed E-state index contributed by atoms with van der Waals surface area (Å²) in [5.41, 5.74) is -2.29. The summed E-state index contributed by atoms with van der Waals surface area (Å²) in [5, 5.41) is 15.3. The molecule has 0 saturated carbocycles. The van der Waals surface area contributed by atoms with E-state index in [-0.39, 0.29) is 11.4 Å². The van der Waals surface area contributed by atoms with Gasteiger partial charge in [0.15, 0.2) is 0 Å². The van der Waals surface area contributed by atoms with E-state index in [1.807, 2.05) is 48.5 Å². The van der Waals surface area contributed by atoms with Gasteiger partial charge < -0.3 is 10.1 Å². The number of carbonyl (C=O) groups is 1. The lowest BCUT2D eigenvalue weighted by Gasteiger charge is -2.38. The zero-order valence-corrected chi connectivity index (χ0v) is 15.0. The predicted molar refractivity (Wildman–Crippen MR) is 84.8 cm³/mol. The van der Waals surface area contributed by atoms with Crippen molar-refractivity contribution < 1.29 is 9.53 Å². The van der Waals surface area contributed by atoms with Crippen molar-refractivity contribution in [3.05, 3.63) is 0 Å². The smallest absolute Gasteiger partial charge is 0.240 e. The molecule has 0 heterocycles. The monoisotopic (exact) mass is 297 g/mol. The molecule has 0 fully saturated rings. The molecular weight excluding hydrogens is 266 g/mol. The number of ether oxygens (including phenoxy) is 1. The van der Waals surface area contributed by atoms with E-state index in [9.17, 15) is 4.79 Å². The van der Waals surface area contributed by atoms with Gasteiger partial charge in [0.2, 0.25) is 5.91 Å². The first kappa shape index (κ1) is 19.9. The lowest BCUT2D eigenvalue weighted by molar-refractivity contribution is -0.129. The molecule has 0 radical (unpaired) electrons. The summed E-state index contributed by atoms with van der Waals surface area (Å²) in [6, 6.07) is 2.10. The van der Waals surface area contributed by atoms with Crippen LogP contribution < -0.4 is 10.6 Å². The van der Waals surface area contributed by atoms with E-state index in [1.165, 1.54) is 0 Å². The molecule has 0 aliphatic carbocycles. The molecule has 5 heteroatoms. The number of amides is 1. The standard InChI is InChI=1S/C16H31N3O2/c1-13(2,3)18-12(20)16(8,9)19-14(4,5)11-21-15(6,7)10-17/h19H,11H2,1-9H3,(H,18,20). The summed E-state index contributed by atoms with van der Waals surface area (Å²) in [5.74, 6) is -0.0670. The summed E-state index contributed by atoms with van der Waals surface area (Å²) in [7, 11) is 0. The van der Waals surface area contributed by atoms with Crippen molar-refractivity contribution in [1.29, 1.82) is 5.26 Å². The minimum atomic E-state index is -0.837. The fraction of sp³-hybridized carbons (Fsp3) is 0.875. The van der Waals surface area contributed by atoms with Gasteiger partial charge in [-0.25, -0.2) is 0 Å². The summed E-state index contributed by atoms with van der Waals surface area (Å²) >= 11 is 0. The second-order valence-electron chi connectivity index (χ2n) is 8.25. The van der Waals surface area contributed by atoms with Gasteiger partial charge in [0, 0.05) is 11.1 Å². The van der Waals surface area contributed by atoms with Gasteiger partial charge in [-0.2, -0.15) is 5.26 Å². The Morgan fingerprint density at radius 2 is 1.52 bits per heavy atom. The van der Waals surface area contributed by atoms with Gasteiger partial charge >= 0.3 is 0 Å². The van der Waals surface area contributed by atoms with Gasteiger partial charge in [-0.15, -0.1) is 0 Å². The van der Waals surface area contributed by atoms with Crippen LogP contribution in [0.15, 0.2) is 0 Å². The van der Waals surface area contributed by atoms with E-state index < -0.39 is 16.7 Å². The Bertz CT molecular complexity index is 412. The second kappa shape index (κ2) is 6.33. The third kappa shape index (κ3) is 8.03. The molecule has 5 nitrogen and oxygen atoms in total. The SMILES string of the molecule is CC(C)(C)NC(=O)C(C)(C)NC(C)(C)COC(C)(C)C#N. The average Bonchev–Trinajstić information content (AvgIpc) is 2.23. The Hall–Kier alpha value is -1.12. The van der Waals surface area contributed by atoms with Crippen molar-refractivity contribution in [2.45, 2.75) is 84.5 Å². The van der Waals surface area contributed by atoms with E-state index >= 15 is 0 Å². The third-order valence-corrected chi connectivity index (χ3v) is 2.77. The van der Waals surface area contributed by atoms with Crippen LogP contribution in [0.5, 0.6) is 0 Å². The summed E-state index contributed by atoms with van der Waals surface area (Å²) in [4.78, 5) is 12.3. The highest BCUT2D eigenvalue weighted by molar-refractivity contribution is 5.86. The quantitative estimate of drug-likeness (QED) is 0.789. The van der Waals surface area contributed by atoms with Crippen molar-refractivity contribution >= 4 is 5.91 Å². The van der Waals surface area contributed by atoms with Crippen molar-refractivity contribution in [1.82, 2.24) is 10.6 Å². The molecule has 0 spiro atoms. The molecule has 0 unspecified atom stereocenters. The lowest BCUT2D eigenvalue weighted by atomic mass is 9.95. The topological polar surface area (TPSA) is 74.2 Å². The maximum atomic E-state index is 12.3. The van der Waals surface area contributed by atoms with Gasteiger partial charge in [-0.05, 0) is 62.3 Å². The van der Waals surface area contributed by atoms with Gasteiger partial charge in [0.05, 0.1) is 18.2 Å². The third-order valence-electron chi connectivity index (χ3n) is 2.77. The largest absolute Gasteiger partial charge is 0.359 e. The summed E-state index contributed by atoms with van der Waals surface area (Å²) < 4.78 is 5.61.